The van der Waals surface area contributed by atoms with E-state index < -0.39 is 5.97 Å². The Balaban J connectivity index is 2.78. The molecular weight excluding hydrogens is 264 g/mol. The molecule has 0 saturated heterocycles. The van der Waals surface area contributed by atoms with Crippen LogP contribution in [0.3, 0.4) is 0 Å². The first-order valence-electron chi connectivity index (χ1n) is 5.89. The molecular formula is C14H15ClN2O2. The number of aromatic carboxylic acids is 1. The number of aromatic nitrogens is 2. The van der Waals surface area contributed by atoms with Crippen LogP contribution in [0.4, 0.5) is 0 Å². The van der Waals surface area contributed by atoms with Crippen LogP contribution >= 0.6 is 11.6 Å². The van der Waals surface area contributed by atoms with Crippen molar-refractivity contribution in [2.75, 3.05) is 0 Å². The standard InChI is InChI=1S/C14H15ClN2O2/c1-6-7(2)10(5-11(8(6)3)14(18)19)12-9(4)13(15)17-16-12/h5H,1-4H3,(H,16,17)(H,18,19). The van der Waals surface area contributed by atoms with Gasteiger partial charge in [0.25, 0.3) is 0 Å². The molecule has 1 aromatic heterocycles. The molecule has 100 valence electrons. The molecule has 0 unspecified atom stereocenters. The van der Waals surface area contributed by atoms with Gasteiger partial charge in [-0.05, 0) is 50.5 Å². The Hall–Kier alpha value is -1.81. The van der Waals surface area contributed by atoms with Crippen molar-refractivity contribution in [1.29, 1.82) is 0 Å². The molecule has 0 atom stereocenters. The molecule has 1 aromatic carbocycles. The zero-order valence-corrected chi connectivity index (χ0v) is 12.0. The van der Waals surface area contributed by atoms with Crippen LogP contribution < -0.4 is 0 Å². The molecule has 0 aliphatic heterocycles. The van der Waals surface area contributed by atoms with E-state index in [0.29, 0.717) is 16.4 Å². The van der Waals surface area contributed by atoms with Gasteiger partial charge >= 0.3 is 5.97 Å². The first-order valence-corrected chi connectivity index (χ1v) is 6.27. The Morgan fingerprint density at radius 1 is 1.16 bits per heavy atom. The monoisotopic (exact) mass is 278 g/mol. The second kappa shape index (κ2) is 4.70. The number of H-pyrrole nitrogens is 1. The maximum absolute atomic E-state index is 11.3. The molecule has 5 heteroatoms. The summed E-state index contributed by atoms with van der Waals surface area (Å²) in [5.74, 6) is -0.930. The van der Waals surface area contributed by atoms with Crippen molar-refractivity contribution in [3.05, 3.63) is 39.0 Å². The van der Waals surface area contributed by atoms with Gasteiger partial charge in [-0.25, -0.2) is 4.79 Å². The fourth-order valence-corrected chi connectivity index (χ4v) is 2.28. The number of hydrogen-bond donors (Lipinski definition) is 2. The molecule has 0 spiro atoms. The summed E-state index contributed by atoms with van der Waals surface area (Å²) in [5, 5.41) is 16.6. The highest BCUT2D eigenvalue weighted by Crippen LogP contribution is 2.32. The van der Waals surface area contributed by atoms with E-state index >= 15 is 0 Å². The van der Waals surface area contributed by atoms with Crippen molar-refractivity contribution >= 4 is 17.6 Å². The maximum Gasteiger partial charge on any atom is 0.335 e. The first-order chi connectivity index (χ1) is 8.84. The van der Waals surface area contributed by atoms with E-state index in [4.69, 9.17) is 11.6 Å². The number of nitrogens with zero attached hydrogens (tertiary/aromatic N) is 1. The van der Waals surface area contributed by atoms with Crippen molar-refractivity contribution in [3.63, 3.8) is 0 Å². The van der Waals surface area contributed by atoms with Gasteiger partial charge in [0.05, 0.1) is 11.3 Å². The molecule has 0 amide bonds. The summed E-state index contributed by atoms with van der Waals surface area (Å²) in [6.07, 6.45) is 0. The average molecular weight is 279 g/mol. The van der Waals surface area contributed by atoms with Crippen LogP contribution in [0.25, 0.3) is 11.3 Å². The predicted octanol–water partition coefficient (Wildman–Crippen LogP) is 3.66. The van der Waals surface area contributed by atoms with E-state index in [9.17, 15) is 9.90 Å². The number of halogens is 1. The molecule has 0 radical (unpaired) electrons. The van der Waals surface area contributed by atoms with E-state index in [1.165, 1.54) is 0 Å². The molecule has 2 N–H and O–H groups in total. The van der Waals surface area contributed by atoms with Gasteiger partial charge in [0.15, 0.2) is 0 Å². The fraction of sp³-hybridized carbons (Fsp3) is 0.286. The van der Waals surface area contributed by atoms with Crippen molar-refractivity contribution in [2.45, 2.75) is 27.7 Å². The molecule has 0 bridgehead atoms. The van der Waals surface area contributed by atoms with Crippen LogP contribution in [-0.2, 0) is 0 Å². The zero-order valence-electron chi connectivity index (χ0n) is 11.3. The maximum atomic E-state index is 11.3. The highest BCUT2D eigenvalue weighted by molar-refractivity contribution is 6.30. The van der Waals surface area contributed by atoms with Gasteiger partial charge in [0.2, 0.25) is 0 Å². The SMILES string of the molecule is Cc1c(-c2cc(C(=O)O)c(C)c(C)c2C)n[nH]c1Cl. The molecule has 19 heavy (non-hydrogen) atoms. The second-order valence-electron chi connectivity index (χ2n) is 4.66. The minimum absolute atomic E-state index is 0.302. The van der Waals surface area contributed by atoms with Gasteiger partial charge < -0.3 is 5.11 Å². The Kier molecular flexibility index (Phi) is 3.37. The molecule has 1 heterocycles. The average Bonchev–Trinajstić information content (AvgIpc) is 2.68. The highest BCUT2D eigenvalue weighted by Gasteiger charge is 2.18. The number of nitrogens with one attached hydrogen (secondary N) is 1. The van der Waals surface area contributed by atoms with Crippen LogP contribution in [0.1, 0.15) is 32.6 Å². The van der Waals surface area contributed by atoms with Gasteiger partial charge in [-0.1, -0.05) is 11.6 Å². The van der Waals surface area contributed by atoms with E-state index in [1.807, 2.05) is 27.7 Å². The van der Waals surface area contributed by atoms with Crippen molar-refractivity contribution in [2.24, 2.45) is 0 Å². The third-order valence-corrected chi connectivity index (χ3v) is 4.03. The Morgan fingerprint density at radius 2 is 1.79 bits per heavy atom. The molecule has 4 nitrogen and oxygen atoms in total. The van der Waals surface area contributed by atoms with E-state index in [1.54, 1.807) is 6.07 Å². The smallest absolute Gasteiger partial charge is 0.335 e. The van der Waals surface area contributed by atoms with E-state index in [0.717, 1.165) is 27.8 Å². The number of rotatable bonds is 2. The lowest BCUT2D eigenvalue weighted by Gasteiger charge is -2.13. The summed E-state index contributed by atoms with van der Waals surface area (Å²) in [7, 11) is 0. The summed E-state index contributed by atoms with van der Waals surface area (Å²) >= 11 is 5.97. The summed E-state index contributed by atoms with van der Waals surface area (Å²) in [5.41, 5.74) is 5.41. The molecule has 0 fully saturated rings. The quantitative estimate of drug-likeness (QED) is 0.881. The lowest BCUT2D eigenvalue weighted by atomic mass is 9.91. The minimum atomic E-state index is -0.930. The second-order valence-corrected chi connectivity index (χ2v) is 5.04. The lowest BCUT2D eigenvalue weighted by Crippen LogP contribution is -2.04. The van der Waals surface area contributed by atoms with Gasteiger partial charge in [0, 0.05) is 11.1 Å². The molecule has 2 rings (SSSR count). The van der Waals surface area contributed by atoms with Crippen LogP contribution in [0.2, 0.25) is 5.15 Å². The van der Waals surface area contributed by atoms with Gasteiger partial charge in [-0.2, -0.15) is 5.10 Å². The highest BCUT2D eigenvalue weighted by atomic mass is 35.5. The lowest BCUT2D eigenvalue weighted by molar-refractivity contribution is 0.0696. The van der Waals surface area contributed by atoms with Crippen LogP contribution in [0, 0.1) is 27.7 Å². The van der Waals surface area contributed by atoms with Crippen molar-refractivity contribution in [1.82, 2.24) is 10.2 Å². The molecule has 0 aliphatic rings. The number of carboxylic acid groups (broad SMARTS) is 1. The van der Waals surface area contributed by atoms with Crippen LogP contribution in [0.15, 0.2) is 6.07 Å². The number of benzene rings is 1. The largest absolute Gasteiger partial charge is 0.478 e. The van der Waals surface area contributed by atoms with Crippen molar-refractivity contribution in [3.8, 4) is 11.3 Å². The first kappa shape index (κ1) is 13.6. The predicted molar refractivity (Wildman–Crippen MR) is 74.9 cm³/mol. The van der Waals surface area contributed by atoms with Crippen LogP contribution in [-0.4, -0.2) is 21.3 Å². The fourth-order valence-electron chi connectivity index (χ4n) is 2.15. The zero-order chi connectivity index (χ0) is 14.3. The van der Waals surface area contributed by atoms with E-state index in [-0.39, 0.29) is 0 Å². The number of carbonyl (C=O) groups is 1. The summed E-state index contributed by atoms with van der Waals surface area (Å²) in [6, 6.07) is 1.67. The Labute approximate surface area is 116 Å². The van der Waals surface area contributed by atoms with Gasteiger partial charge in [-0.15, -0.1) is 0 Å². The topological polar surface area (TPSA) is 66.0 Å². The third-order valence-electron chi connectivity index (χ3n) is 3.66. The molecule has 0 saturated carbocycles. The van der Waals surface area contributed by atoms with E-state index in [2.05, 4.69) is 10.2 Å². The van der Waals surface area contributed by atoms with Gasteiger partial charge in [-0.3, -0.25) is 5.10 Å². The number of aromatic amines is 1. The van der Waals surface area contributed by atoms with Crippen molar-refractivity contribution < 1.29 is 9.90 Å². The number of hydrogen-bond acceptors (Lipinski definition) is 2. The summed E-state index contributed by atoms with van der Waals surface area (Å²) < 4.78 is 0. The molecule has 2 aromatic rings. The minimum Gasteiger partial charge on any atom is -0.478 e. The molecule has 0 aliphatic carbocycles. The third kappa shape index (κ3) is 2.12. The number of carboxylic acids is 1. The normalized spacial score (nSPS) is 10.8. The Morgan fingerprint density at radius 3 is 2.26 bits per heavy atom. The summed E-state index contributed by atoms with van der Waals surface area (Å²) in [4.78, 5) is 11.3. The van der Waals surface area contributed by atoms with Crippen LogP contribution in [0.5, 0.6) is 0 Å². The Bertz CT molecular complexity index is 675. The summed E-state index contributed by atoms with van der Waals surface area (Å²) in [6.45, 7) is 7.56. The van der Waals surface area contributed by atoms with Gasteiger partial charge in [0.1, 0.15) is 5.15 Å².